The molecule has 3 aliphatic carbocycles. The van der Waals surface area contributed by atoms with Crippen molar-refractivity contribution in [2.75, 3.05) is 0 Å². The molecule has 4 fully saturated rings. The summed E-state index contributed by atoms with van der Waals surface area (Å²) in [6.07, 6.45) is 4.93. The Morgan fingerprint density at radius 3 is 2.74 bits per heavy atom. The fourth-order valence-corrected chi connectivity index (χ4v) is 3.94. The monoisotopic (exact) mass is 268 g/mol. The molecule has 19 heavy (non-hydrogen) atoms. The van der Waals surface area contributed by atoms with Crippen LogP contribution in [0.1, 0.15) is 52.9 Å². The van der Waals surface area contributed by atoms with Crippen molar-refractivity contribution in [1.82, 2.24) is 0 Å². The van der Waals surface area contributed by atoms with E-state index in [0.29, 0.717) is 18.3 Å². The van der Waals surface area contributed by atoms with Gasteiger partial charge >= 0.3 is 5.97 Å². The van der Waals surface area contributed by atoms with Crippen LogP contribution < -0.4 is 0 Å². The number of hydrogen-bond acceptors (Lipinski definition) is 4. The van der Waals surface area contributed by atoms with E-state index in [1.54, 1.807) is 0 Å². The Labute approximate surface area is 114 Å². The minimum atomic E-state index is -0.488. The molecule has 1 aliphatic heterocycles. The molecule has 0 aromatic rings. The number of ether oxygens (including phenoxy) is 3. The molecule has 2 bridgehead atoms. The van der Waals surface area contributed by atoms with Crippen molar-refractivity contribution in [3.63, 3.8) is 0 Å². The zero-order valence-electron chi connectivity index (χ0n) is 12.1. The highest BCUT2D eigenvalue weighted by Crippen LogP contribution is 2.51. The first kappa shape index (κ1) is 13.4. The smallest absolute Gasteiger partial charge is 0.306 e. The fourth-order valence-electron chi connectivity index (χ4n) is 3.94. The topological polar surface area (TPSA) is 44.8 Å². The summed E-state index contributed by atoms with van der Waals surface area (Å²) in [7, 11) is 0. The molecule has 4 aliphatic rings. The maximum Gasteiger partial charge on any atom is 0.306 e. The number of carbonyl (C=O) groups is 1. The van der Waals surface area contributed by atoms with Crippen LogP contribution in [0.4, 0.5) is 0 Å². The third-order valence-electron chi connectivity index (χ3n) is 4.67. The first-order valence-corrected chi connectivity index (χ1v) is 7.55. The molecule has 0 N–H and O–H groups in total. The molecule has 4 heteroatoms. The Balaban J connectivity index is 1.70. The van der Waals surface area contributed by atoms with Gasteiger partial charge in [-0.1, -0.05) is 6.92 Å². The quantitative estimate of drug-likeness (QED) is 0.738. The van der Waals surface area contributed by atoms with Crippen molar-refractivity contribution in [2.24, 2.45) is 11.8 Å². The molecule has 4 rings (SSSR count). The van der Waals surface area contributed by atoms with E-state index in [2.05, 4.69) is 0 Å². The average Bonchev–Trinajstić information content (AvgIpc) is 2.66. The van der Waals surface area contributed by atoms with Crippen LogP contribution in [0.5, 0.6) is 0 Å². The molecule has 0 spiro atoms. The lowest BCUT2D eigenvalue weighted by Gasteiger charge is -2.47. The molecular formula is C15H24O4. The van der Waals surface area contributed by atoms with E-state index in [0.717, 1.165) is 19.3 Å². The van der Waals surface area contributed by atoms with E-state index in [1.807, 2.05) is 20.8 Å². The molecule has 0 aromatic carbocycles. The van der Waals surface area contributed by atoms with Crippen LogP contribution in [0.2, 0.25) is 0 Å². The second-order valence-electron chi connectivity index (χ2n) is 6.58. The number of rotatable bonds is 3. The maximum absolute atomic E-state index is 11.7. The van der Waals surface area contributed by atoms with Crippen molar-refractivity contribution in [2.45, 2.75) is 77.0 Å². The van der Waals surface area contributed by atoms with Gasteiger partial charge in [-0.2, -0.15) is 0 Å². The highest BCUT2D eigenvalue weighted by atomic mass is 16.8. The summed E-state index contributed by atoms with van der Waals surface area (Å²) in [4.78, 5) is 11.7. The van der Waals surface area contributed by atoms with E-state index in [-0.39, 0.29) is 24.3 Å². The van der Waals surface area contributed by atoms with Gasteiger partial charge in [-0.15, -0.1) is 0 Å². The second kappa shape index (κ2) is 4.74. The van der Waals surface area contributed by atoms with Crippen molar-refractivity contribution < 1.29 is 19.0 Å². The summed E-state index contributed by atoms with van der Waals surface area (Å²) in [6, 6.07) is 0. The van der Waals surface area contributed by atoms with Crippen molar-refractivity contribution >= 4 is 5.97 Å². The van der Waals surface area contributed by atoms with E-state index in [9.17, 15) is 4.79 Å². The molecule has 1 saturated heterocycles. The number of carbonyl (C=O) groups excluding carboxylic acids is 1. The molecule has 4 nitrogen and oxygen atoms in total. The van der Waals surface area contributed by atoms with Crippen LogP contribution in [0, 0.1) is 11.8 Å². The Morgan fingerprint density at radius 2 is 2.00 bits per heavy atom. The molecule has 0 aromatic heterocycles. The lowest BCUT2D eigenvalue weighted by Crippen LogP contribution is -2.53. The number of esters is 1. The number of fused-ring (bicyclic) bond motifs is 2. The van der Waals surface area contributed by atoms with Crippen LogP contribution in [0.3, 0.4) is 0 Å². The van der Waals surface area contributed by atoms with Gasteiger partial charge < -0.3 is 14.2 Å². The molecule has 0 amide bonds. The van der Waals surface area contributed by atoms with Gasteiger partial charge in [0.2, 0.25) is 0 Å². The molecule has 5 atom stereocenters. The summed E-state index contributed by atoms with van der Waals surface area (Å²) >= 11 is 0. The number of hydrogen-bond donors (Lipinski definition) is 0. The maximum atomic E-state index is 11.7. The first-order chi connectivity index (χ1) is 9.00. The van der Waals surface area contributed by atoms with Gasteiger partial charge in [0.05, 0.1) is 12.2 Å². The Morgan fingerprint density at radius 1 is 1.26 bits per heavy atom. The molecular weight excluding hydrogens is 244 g/mol. The summed E-state index contributed by atoms with van der Waals surface area (Å²) < 4.78 is 17.7. The van der Waals surface area contributed by atoms with Gasteiger partial charge in [0.25, 0.3) is 0 Å². The normalized spacial score (nSPS) is 43.0. The zero-order chi connectivity index (χ0) is 13.6. The van der Waals surface area contributed by atoms with Crippen LogP contribution in [-0.4, -0.2) is 30.1 Å². The Bertz CT molecular complexity index is 365. The summed E-state index contributed by atoms with van der Waals surface area (Å²) in [5.41, 5.74) is 0. The summed E-state index contributed by atoms with van der Waals surface area (Å²) in [5, 5.41) is 0. The molecule has 1 heterocycles. The SMILES string of the molecule is CCCC(=O)O[C@H]1C[C@@H]2CC[C@H]1[C@H]1OC(C)(C)O[C@@H]21. The highest BCUT2D eigenvalue weighted by molar-refractivity contribution is 5.69. The van der Waals surface area contributed by atoms with E-state index >= 15 is 0 Å². The van der Waals surface area contributed by atoms with Crippen LogP contribution >= 0.6 is 0 Å². The van der Waals surface area contributed by atoms with Gasteiger partial charge in [-0.25, -0.2) is 0 Å². The van der Waals surface area contributed by atoms with E-state index in [1.165, 1.54) is 6.42 Å². The molecule has 0 unspecified atom stereocenters. The van der Waals surface area contributed by atoms with Crippen LogP contribution in [-0.2, 0) is 19.0 Å². The third kappa shape index (κ3) is 2.40. The zero-order valence-corrected chi connectivity index (χ0v) is 12.1. The van der Waals surface area contributed by atoms with Crippen molar-refractivity contribution in [3.8, 4) is 0 Å². The second-order valence-corrected chi connectivity index (χ2v) is 6.58. The standard InChI is InChI=1S/C15H24O4/c1-4-5-12(16)17-11-8-9-6-7-10(11)14-13(9)18-15(2,3)19-14/h9-11,13-14H,4-8H2,1-3H3/t9-,10+,11-,13-,14+/m0/s1. The Hall–Kier alpha value is -0.610. The lowest BCUT2D eigenvalue weighted by atomic mass is 9.65. The van der Waals surface area contributed by atoms with Crippen LogP contribution in [0.25, 0.3) is 0 Å². The summed E-state index contributed by atoms with van der Waals surface area (Å²) in [6.45, 7) is 5.95. The van der Waals surface area contributed by atoms with Gasteiger partial charge in [-0.05, 0) is 45.4 Å². The minimum absolute atomic E-state index is 0.0385. The predicted molar refractivity (Wildman–Crippen MR) is 69.4 cm³/mol. The lowest BCUT2D eigenvalue weighted by molar-refractivity contribution is -0.169. The van der Waals surface area contributed by atoms with Crippen molar-refractivity contribution in [3.05, 3.63) is 0 Å². The molecule has 108 valence electrons. The predicted octanol–water partition coefficient (Wildman–Crippen LogP) is 2.65. The third-order valence-corrected chi connectivity index (χ3v) is 4.67. The largest absolute Gasteiger partial charge is 0.462 e. The fraction of sp³-hybridized carbons (Fsp3) is 0.933. The van der Waals surface area contributed by atoms with Crippen LogP contribution in [0.15, 0.2) is 0 Å². The van der Waals surface area contributed by atoms with Gasteiger partial charge in [0.1, 0.15) is 6.10 Å². The Kier molecular flexibility index (Phi) is 3.34. The summed E-state index contributed by atoms with van der Waals surface area (Å²) in [5.74, 6) is 0.252. The van der Waals surface area contributed by atoms with Crippen molar-refractivity contribution in [1.29, 1.82) is 0 Å². The van der Waals surface area contributed by atoms with Gasteiger partial charge in [0.15, 0.2) is 5.79 Å². The first-order valence-electron chi connectivity index (χ1n) is 7.55. The minimum Gasteiger partial charge on any atom is -0.462 e. The van der Waals surface area contributed by atoms with Gasteiger partial charge in [-0.3, -0.25) is 4.79 Å². The molecule has 0 radical (unpaired) electrons. The molecule has 3 saturated carbocycles. The van der Waals surface area contributed by atoms with E-state index in [4.69, 9.17) is 14.2 Å². The average molecular weight is 268 g/mol. The van der Waals surface area contributed by atoms with Gasteiger partial charge in [0, 0.05) is 12.3 Å². The highest BCUT2D eigenvalue weighted by Gasteiger charge is 2.57. The van der Waals surface area contributed by atoms with E-state index < -0.39 is 5.79 Å².